The summed E-state index contributed by atoms with van der Waals surface area (Å²) in [6.07, 6.45) is 4.43. The Hall–Kier alpha value is -2.48. The van der Waals surface area contributed by atoms with Gasteiger partial charge in [-0.15, -0.1) is 11.3 Å². The molecular weight excluding hydrogens is 376 g/mol. The maximum Gasteiger partial charge on any atom is 0.325 e. The lowest BCUT2D eigenvalue weighted by Crippen LogP contribution is -2.47. The second kappa shape index (κ2) is 7.87. The number of Topliss-reactive ketones (excluding diaryl/α,β-unsaturated/α-hetero) is 1. The van der Waals surface area contributed by atoms with Crippen molar-refractivity contribution in [2.24, 2.45) is 0 Å². The Balaban J connectivity index is 1.85. The van der Waals surface area contributed by atoms with Crippen molar-refractivity contribution in [2.75, 3.05) is 6.54 Å². The van der Waals surface area contributed by atoms with E-state index in [-0.39, 0.29) is 18.2 Å². The summed E-state index contributed by atoms with van der Waals surface area (Å²) >= 11 is 1.49. The Bertz CT molecular complexity index is 895. The fourth-order valence-electron chi connectivity index (χ4n) is 4.03. The van der Waals surface area contributed by atoms with Crippen molar-refractivity contribution >= 4 is 29.1 Å². The van der Waals surface area contributed by atoms with Gasteiger partial charge in [-0.3, -0.25) is 19.1 Å². The maximum atomic E-state index is 13.0. The average molecular weight is 403 g/mol. The van der Waals surface area contributed by atoms with Crippen LogP contribution >= 0.6 is 11.3 Å². The highest BCUT2D eigenvalue weighted by Gasteiger charge is 2.50. The number of urea groups is 1. The molecule has 0 aromatic carbocycles. The van der Waals surface area contributed by atoms with E-state index >= 15 is 0 Å². The molecule has 1 N–H and O–H groups in total. The van der Waals surface area contributed by atoms with Gasteiger partial charge in [-0.2, -0.15) is 0 Å². The number of amides is 3. The first kappa shape index (κ1) is 20.3. The molecule has 0 bridgehead atoms. The summed E-state index contributed by atoms with van der Waals surface area (Å²) in [5, 5.41) is 5.52. The van der Waals surface area contributed by atoms with Crippen molar-refractivity contribution in [1.29, 1.82) is 0 Å². The lowest BCUT2D eigenvalue weighted by atomic mass is 9.88. The molecule has 1 aliphatic rings. The van der Waals surface area contributed by atoms with Crippen molar-refractivity contribution in [3.8, 4) is 5.13 Å². The molecule has 0 saturated carbocycles. The van der Waals surface area contributed by atoms with Crippen molar-refractivity contribution in [3.05, 3.63) is 34.6 Å². The topological polar surface area (TPSA) is 84.3 Å². The minimum absolute atomic E-state index is 0.247. The Morgan fingerprint density at radius 2 is 1.89 bits per heavy atom. The van der Waals surface area contributed by atoms with Crippen LogP contribution in [0.5, 0.6) is 0 Å². The van der Waals surface area contributed by atoms with Gasteiger partial charge in [0.05, 0.1) is 6.54 Å². The molecule has 3 amide bonds. The van der Waals surface area contributed by atoms with Gasteiger partial charge in [-0.1, -0.05) is 26.7 Å². The van der Waals surface area contributed by atoms with Crippen LogP contribution < -0.4 is 5.32 Å². The van der Waals surface area contributed by atoms with Gasteiger partial charge in [0.2, 0.25) is 0 Å². The SMILES string of the molecule is CCCC1(CCC)NC(=O)N(CC(=O)c2cc(C)n(-c3nccs3)c2C)C1=O. The van der Waals surface area contributed by atoms with Crippen LogP contribution in [0.1, 0.15) is 61.3 Å². The predicted octanol–water partition coefficient (Wildman–Crippen LogP) is 3.62. The smallest absolute Gasteiger partial charge is 0.323 e. The Morgan fingerprint density at radius 1 is 1.21 bits per heavy atom. The van der Waals surface area contributed by atoms with Gasteiger partial charge in [0.1, 0.15) is 5.54 Å². The summed E-state index contributed by atoms with van der Waals surface area (Å²) in [5.74, 6) is -0.536. The standard InChI is InChI=1S/C20H26N4O3S/c1-5-7-20(8-6-2)17(26)23(18(27)22-20)12-16(25)15-11-13(3)24(14(15)4)19-21-9-10-28-19/h9-11H,5-8,12H2,1-4H3,(H,22,27). The number of thiazole rings is 1. The molecular formula is C20H26N4O3S. The van der Waals surface area contributed by atoms with Crippen LogP contribution in [0.4, 0.5) is 4.79 Å². The summed E-state index contributed by atoms with van der Waals surface area (Å²) in [6, 6.07) is 1.32. The quantitative estimate of drug-likeness (QED) is 0.540. The molecule has 1 aliphatic heterocycles. The van der Waals surface area contributed by atoms with Crippen molar-refractivity contribution in [1.82, 2.24) is 19.8 Å². The van der Waals surface area contributed by atoms with Crippen LogP contribution in [0.2, 0.25) is 0 Å². The molecule has 28 heavy (non-hydrogen) atoms. The van der Waals surface area contributed by atoms with E-state index in [1.54, 1.807) is 12.3 Å². The van der Waals surface area contributed by atoms with Gasteiger partial charge in [-0.05, 0) is 32.8 Å². The first-order chi connectivity index (χ1) is 13.3. The first-order valence-corrected chi connectivity index (χ1v) is 10.5. The van der Waals surface area contributed by atoms with E-state index in [1.165, 1.54) is 11.3 Å². The van der Waals surface area contributed by atoms with Crippen LogP contribution in [0.3, 0.4) is 0 Å². The number of aryl methyl sites for hydroxylation is 1. The number of carbonyl (C=O) groups excluding carboxylic acids is 3. The molecule has 1 fully saturated rings. The van der Waals surface area contributed by atoms with Crippen LogP contribution in [-0.4, -0.2) is 44.3 Å². The molecule has 0 aliphatic carbocycles. The van der Waals surface area contributed by atoms with Gasteiger partial charge in [0.25, 0.3) is 5.91 Å². The Labute approximate surface area is 168 Å². The Morgan fingerprint density at radius 3 is 2.46 bits per heavy atom. The summed E-state index contributed by atoms with van der Waals surface area (Å²) < 4.78 is 1.92. The molecule has 150 valence electrons. The number of aromatic nitrogens is 2. The molecule has 0 radical (unpaired) electrons. The Kier molecular flexibility index (Phi) is 5.69. The minimum atomic E-state index is -0.876. The largest absolute Gasteiger partial charge is 0.325 e. The minimum Gasteiger partial charge on any atom is -0.323 e. The van der Waals surface area contributed by atoms with E-state index in [4.69, 9.17) is 0 Å². The maximum absolute atomic E-state index is 13.0. The summed E-state index contributed by atoms with van der Waals surface area (Å²) in [6.45, 7) is 7.48. The highest BCUT2D eigenvalue weighted by molar-refractivity contribution is 7.12. The zero-order chi connectivity index (χ0) is 20.5. The monoisotopic (exact) mass is 402 g/mol. The lowest BCUT2D eigenvalue weighted by Gasteiger charge is -2.25. The first-order valence-electron chi connectivity index (χ1n) is 9.60. The number of hydrogen-bond donors (Lipinski definition) is 1. The second-order valence-corrected chi connectivity index (χ2v) is 8.13. The zero-order valence-electron chi connectivity index (χ0n) is 16.7. The number of ketones is 1. The van der Waals surface area contributed by atoms with Gasteiger partial charge in [-0.25, -0.2) is 9.78 Å². The number of nitrogens with zero attached hydrogens (tertiary/aromatic N) is 3. The number of carbonyl (C=O) groups is 3. The molecule has 7 nitrogen and oxygen atoms in total. The number of imide groups is 1. The lowest BCUT2D eigenvalue weighted by molar-refractivity contribution is -0.131. The fourth-order valence-corrected chi connectivity index (χ4v) is 4.78. The van der Waals surface area contributed by atoms with Gasteiger partial charge in [0.15, 0.2) is 10.9 Å². The summed E-state index contributed by atoms with van der Waals surface area (Å²) in [4.78, 5) is 43.8. The van der Waals surface area contributed by atoms with E-state index < -0.39 is 11.6 Å². The van der Waals surface area contributed by atoms with Crippen LogP contribution in [0.25, 0.3) is 5.13 Å². The van der Waals surface area contributed by atoms with Crippen molar-refractivity contribution in [3.63, 3.8) is 0 Å². The van der Waals surface area contributed by atoms with Gasteiger partial charge >= 0.3 is 6.03 Å². The van der Waals surface area contributed by atoms with Crippen molar-refractivity contribution < 1.29 is 14.4 Å². The third kappa shape index (κ3) is 3.37. The van der Waals surface area contributed by atoms with E-state index in [2.05, 4.69) is 10.3 Å². The van der Waals surface area contributed by atoms with Crippen LogP contribution in [0, 0.1) is 13.8 Å². The molecule has 2 aromatic rings. The van der Waals surface area contributed by atoms with E-state index in [0.717, 1.165) is 34.3 Å². The highest BCUT2D eigenvalue weighted by atomic mass is 32.1. The molecule has 0 atom stereocenters. The van der Waals surface area contributed by atoms with E-state index in [1.807, 2.05) is 37.6 Å². The van der Waals surface area contributed by atoms with Crippen molar-refractivity contribution in [2.45, 2.75) is 58.9 Å². The molecule has 2 aromatic heterocycles. The molecule has 8 heteroatoms. The fraction of sp³-hybridized carbons (Fsp3) is 0.500. The third-order valence-corrected chi connectivity index (χ3v) is 6.00. The number of rotatable bonds is 8. The van der Waals surface area contributed by atoms with E-state index in [0.29, 0.717) is 18.4 Å². The average Bonchev–Trinajstić information content (AvgIpc) is 3.31. The zero-order valence-corrected chi connectivity index (χ0v) is 17.6. The normalized spacial score (nSPS) is 15.9. The molecule has 3 rings (SSSR count). The molecule has 1 saturated heterocycles. The summed E-state index contributed by atoms with van der Waals surface area (Å²) in [7, 11) is 0. The van der Waals surface area contributed by atoms with Crippen LogP contribution in [0.15, 0.2) is 17.6 Å². The summed E-state index contributed by atoms with van der Waals surface area (Å²) in [5.41, 5.74) is 1.28. The molecule has 0 spiro atoms. The van der Waals surface area contributed by atoms with Gasteiger partial charge in [0, 0.05) is 28.5 Å². The van der Waals surface area contributed by atoms with Gasteiger partial charge < -0.3 is 5.32 Å². The molecule has 0 unspecified atom stereocenters. The predicted molar refractivity (Wildman–Crippen MR) is 108 cm³/mol. The number of nitrogens with one attached hydrogen (secondary N) is 1. The second-order valence-electron chi connectivity index (χ2n) is 7.26. The number of hydrogen-bond acceptors (Lipinski definition) is 5. The van der Waals surface area contributed by atoms with E-state index in [9.17, 15) is 14.4 Å². The molecule has 3 heterocycles. The third-order valence-electron chi connectivity index (χ3n) is 5.24. The van der Waals surface area contributed by atoms with Crippen LogP contribution in [-0.2, 0) is 4.79 Å². The highest BCUT2D eigenvalue weighted by Crippen LogP contribution is 2.29.